The van der Waals surface area contributed by atoms with Crippen molar-refractivity contribution in [2.45, 2.75) is 31.4 Å². The van der Waals surface area contributed by atoms with Gasteiger partial charge in [0.15, 0.2) is 0 Å². The van der Waals surface area contributed by atoms with Gasteiger partial charge in [-0.3, -0.25) is 14.4 Å². The quantitative estimate of drug-likeness (QED) is 0.570. The van der Waals surface area contributed by atoms with Crippen molar-refractivity contribution >= 4 is 27.2 Å². The summed E-state index contributed by atoms with van der Waals surface area (Å²) in [6, 6.07) is 7.57. The minimum absolute atomic E-state index is 0.0490. The molecular weight excluding hydrogens is 382 g/mol. The van der Waals surface area contributed by atoms with Crippen LogP contribution in [0.15, 0.2) is 24.3 Å². The fraction of sp³-hybridized carbons (Fsp3) is 0.500. The first kappa shape index (κ1) is 18.7. The molecule has 1 unspecified atom stereocenters. The summed E-state index contributed by atoms with van der Waals surface area (Å²) in [7, 11) is -1.91. The summed E-state index contributed by atoms with van der Waals surface area (Å²) in [5, 5.41) is 15.1. The summed E-state index contributed by atoms with van der Waals surface area (Å²) in [4.78, 5) is 12.9. The molecule has 1 atom stereocenters. The molecule has 150 valence electrons. The fourth-order valence-electron chi connectivity index (χ4n) is 4.33. The summed E-state index contributed by atoms with van der Waals surface area (Å²) >= 11 is 0. The smallest absolute Gasteiger partial charge is 0.333 e. The van der Waals surface area contributed by atoms with Crippen LogP contribution in [0.4, 0.5) is 17.2 Å². The van der Waals surface area contributed by atoms with Gasteiger partial charge in [0.1, 0.15) is 5.69 Å². The van der Waals surface area contributed by atoms with Crippen LogP contribution < -0.4 is 9.21 Å². The van der Waals surface area contributed by atoms with E-state index in [-0.39, 0.29) is 12.2 Å². The van der Waals surface area contributed by atoms with Crippen LogP contribution in [0.25, 0.3) is 0 Å². The molecule has 0 radical (unpaired) electrons. The average Bonchev–Trinajstić information content (AvgIpc) is 3.22. The van der Waals surface area contributed by atoms with Crippen LogP contribution in [0.3, 0.4) is 0 Å². The second-order valence-corrected chi connectivity index (χ2v) is 9.48. The molecule has 0 saturated carbocycles. The molecular formula is C18H23N5O4S. The van der Waals surface area contributed by atoms with E-state index in [1.165, 1.54) is 8.99 Å². The number of para-hydroxylation sites is 1. The van der Waals surface area contributed by atoms with Crippen molar-refractivity contribution in [3.8, 4) is 0 Å². The Morgan fingerprint density at radius 1 is 1.25 bits per heavy atom. The molecule has 0 bridgehead atoms. The number of hydrogen-bond acceptors (Lipinski definition) is 6. The number of fused-ring (bicyclic) bond motifs is 1. The Hall–Kier alpha value is -2.62. The number of piperidine rings is 1. The standard InChI is InChI=1S/C18H23N5O4S/c1-13-17(23(24)25)18(20(2)19-13)21-10-5-7-15(12-21)28(26,27)22-11-9-14-6-3-4-8-16(14)22/h3-4,6,8,15H,5,7,9-12H2,1-2H3. The van der Waals surface area contributed by atoms with Crippen molar-refractivity contribution in [3.05, 3.63) is 45.6 Å². The molecule has 2 aliphatic rings. The average molecular weight is 405 g/mol. The molecule has 3 heterocycles. The van der Waals surface area contributed by atoms with E-state index < -0.39 is 20.2 Å². The van der Waals surface area contributed by atoms with Gasteiger partial charge in [-0.05, 0) is 37.8 Å². The van der Waals surface area contributed by atoms with E-state index in [4.69, 9.17) is 0 Å². The first-order valence-electron chi connectivity index (χ1n) is 9.33. The predicted molar refractivity (Wildman–Crippen MR) is 106 cm³/mol. The molecule has 1 aromatic carbocycles. The Kier molecular flexibility index (Phi) is 4.53. The second-order valence-electron chi connectivity index (χ2n) is 7.34. The van der Waals surface area contributed by atoms with Gasteiger partial charge in [0.25, 0.3) is 0 Å². The van der Waals surface area contributed by atoms with E-state index in [2.05, 4.69) is 5.10 Å². The summed E-state index contributed by atoms with van der Waals surface area (Å²) in [5.41, 5.74) is 2.08. The fourth-order valence-corrected chi connectivity index (χ4v) is 6.32. The normalized spacial score (nSPS) is 19.7. The molecule has 2 aliphatic heterocycles. The van der Waals surface area contributed by atoms with Crippen molar-refractivity contribution < 1.29 is 13.3 Å². The van der Waals surface area contributed by atoms with Gasteiger partial charge in [-0.15, -0.1) is 0 Å². The van der Waals surface area contributed by atoms with Crippen molar-refractivity contribution in [1.82, 2.24) is 9.78 Å². The molecule has 10 heteroatoms. The summed E-state index contributed by atoms with van der Waals surface area (Å²) < 4.78 is 29.8. The molecule has 2 aromatic rings. The third-order valence-corrected chi connectivity index (χ3v) is 7.82. The summed E-state index contributed by atoms with van der Waals surface area (Å²) in [5.74, 6) is 0.379. The molecule has 1 saturated heterocycles. The van der Waals surface area contributed by atoms with E-state index in [1.54, 1.807) is 18.9 Å². The number of rotatable bonds is 4. The lowest BCUT2D eigenvalue weighted by molar-refractivity contribution is -0.384. The zero-order valence-corrected chi connectivity index (χ0v) is 16.7. The van der Waals surface area contributed by atoms with E-state index >= 15 is 0 Å². The highest BCUT2D eigenvalue weighted by atomic mass is 32.2. The highest BCUT2D eigenvalue weighted by Gasteiger charge is 2.40. The summed E-state index contributed by atoms with van der Waals surface area (Å²) in [6.07, 6.45) is 1.90. The lowest BCUT2D eigenvalue weighted by Gasteiger charge is -2.35. The highest BCUT2D eigenvalue weighted by molar-refractivity contribution is 7.93. The Bertz CT molecular complexity index is 1030. The third-order valence-electron chi connectivity index (χ3n) is 5.59. The van der Waals surface area contributed by atoms with Crippen LogP contribution >= 0.6 is 0 Å². The van der Waals surface area contributed by atoms with Crippen LogP contribution in [0, 0.1) is 17.0 Å². The Morgan fingerprint density at radius 2 is 2.00 bits per heavy atom. The molecule has 0 spiro atoms. The van der Waals surface area contributed by atoms with Gasteiger partial charge in [-0.2, -0.15) is 5.10 Å². The maximum absolute atomic E-state index is 13.4. The van der Waals surface area contributed by atoms with E-state index in [1.807, 2.05) is 24.3 Å². The Morgan fingerprint density at radius 3 is 2.75 bits per heavy atom. The molecule has 28 heavy (non-hydrogen) atoms. The minimum atomic E-state index is -3.56. The van der Waals surface area contributed by atoms with Crippen LogP contribution in [-0.2, 0) is 23.5 Å². The largest absolute Gasteiger partial charge is 0.350 e. The maximum Gasteiger partial charge on any atom is 0.333 e. The van der Waals surface area contributed by atoms with Crippen LogP contribution in [0.2, 0.25) is 0 Å². The van der Waals surface area contributed by atoms with Crippen LogP contribution in [-0.4, -0.2) is 48.0 Å². The number of nitro groups is 1. The number of hydrogen-bond donors (Lipinski definition) is 0. The number of sulfonamides is 1. The van der Waals surface area contributed by atoms with Crippen molar-refractivity contribution in [2.75, 3.05) is 28.8 Å². The second kappa shape index (κ2) is 6.77. The predicted octanol–water partition coefficient (Wildman–Crippen LogP) is 2.00. The molecule has 1 aromatic heterocycles. The van der Waals surface area contributed by atoms with Gasteiger partial charge < -0.3 is 4.90 Å². The number of benzene rings is 1. The van der Waals surface area contributed by atoms with Crippen molar-refractivity contribution in [1.29, 1.82) is 0 Å². The summed E-state index contributed by atoms with van der Waals surface area (Å²) in [6.45, 7) is 2.84. The number of aromatic nitrogens is 2. The topological polar surface area (TPSA) is 102 Å². The molecule has 0 aliphatic carbocycles. The lowest BCUT2D eigenvalue weighted by atomic mass is 10.1. The van der Waals surface area contributed by atoms with Crippen LogP contribution in [0.1, 0.15) is 24.1 Å². The van der Waals surface area contributed by atoms with Gasteiger partial charge >= 0.3 is 5.69 Å². The van der Waals surface area contributed by atoms with Gasteiger partial charge in [-0.25, -0.2) is 13.1 Å². The monoisotopic (exact) mass is 405 g/mol. The molecule has 4 rings (SSSR count). The Balaban J connectivity index is 1.64. The molecule has 0 N–H and O–H groups in total. The molecule has 1 fully saturated rings. The van der Waals surface area contributed by atoms with Crippen molar-refractivity contribution in [3.63, 3.8) is 0 Å². The highest BCUT2D eigenvalue weighted by Crippen LogP contribution is 2.36. The maximum atomic E-state index is 13.4. The van der Waals surface area contributed by atoms with Crippen LogP contribution in [0.5, 0.6) is 0 Å². The zero-order chi connectivity index (χ0) is 20.1. The third kappa shape index (κ3) is 2.92. The van der Waals surface area contributed by atoms with Gasteiger partial charge in [0.2, 0.25) is 15.8 Å². The van der Waals surface area contributed by atoms with Crippen molar-refractivity contribution in [2.24, 2.45) is 7.05 Å². The number of nitrogens with zero attached hydrogens (tertiary/aromatic N) is 5. The van der Waals surface area contributed by atoms with Gasteiger partial charge in [-0.1, -0.05) is 18.2 Å². The number of aryl methyl sites for hydroxylation is 2. The van der Waals surface area contributed by atoms with E-state index in [9.17, 15) is 18.5 Å². The molecule has 0 amide bonds. The first-order chi connectivity index (χ1) is 13.3. The SMILES string of the molecule is Cc1nn(C)c(N2CCCC(S(=O)(=O)N3CCc4ccccc43)C2)c1[N+](=O)[O-]. The Labute approximate surface area is 163 Å². The zero-order valence-electron chi connectivity index (χ0n) is 15.9. The van der Waals surface area contributed by atoms with Gasteiger partial charge in [0.05, 0.1) is 15.9 Å². The first-order valence-corrected chi connectivity index (χ1v) is 10.8. The lowest BCUT2D eigenvalue weighted by Crippen LogP contribution is -2.48. The minimum Gasteiger partial charge on any atom is -0.350 e. The number of anilines is 2. The van der Waals surface area contributed by atoms with E-state index in [0.29, 0.717) is 43.9 Å². The van der Waals surface area contributed by atoms with Gasteiger partial charge in [0, 0.05) is 26.7 Å². The van der Waals surface area contributed by atoms with E-state index in [0.717, 1.165) is 11.3 Å². The molecule has 9 nitrogen and oxygen atoms in total.